The lowest BCUT2D eigenvalue weighted by Crippen LogP contribution is -2.46. The average molecular weight is 286 g/mol. The van der Waals surface area contributed by atoms with E-state index in [1.165, 1.54) is 16.7 Å². The van der Waals surface area contributed by atoms with E-state index in [0.717, 1.165) is 11.1 Å². The standard InChI is InChI=1S/C11H14N2O3S2/c1-7-3-17-4-8(7)2-12-11(16)13-6-18-5-9(13)10(14)15/h3-4,9H,2,5-6H2,1H3,(H,12,16)(H,14,15). The van der Waals surface area contributed by atoms with E-state index in [1.807, 2.05) is 17.7 Å². The maximum Gasteiger partial charge on any atom is 0.327 e. The highest BCUT2D eigenvalue weighted by Gasteiger charge is 2.34. The molecule has 7 heteroatoms. The van der Waals surface area contributed by atoms with E-state index >= 15 is 0 Å². The predicted octanol–water partition coefficient (Wildman–Crippen LogP) is 1.73. The molecule has 1 aliphatic heterocycles. The summed E-state index contributed by atoms with van der Waals surface area (Å²) in [6, 6.07) is -1.02. The topological polar surface area (TPSA) is 69.6 Å². The van der Waals surface area contributed by atoms with Crippen LogP contribution in [0.1, 0.15) is 11.1 Å². The van der Waals surface area contributed by atoms with Crippen molar-refractivity contribution in [1.29, 1.82) is 0 Å². The van der Waals surface area contributed by atoms with Gasteiger partial charge in [0, 0.05) is 12.3 Å². The van der Waals surface area contributed by atoms with Gasteiger partial charge in [-0.1, -0.05) is 0 Å². The van der Waals surface area contributed by atoms with Crippen molar-refractivity contribution in [2.45, 2.75) is 19.5 Å². The zero-order chi connectivity index (χ0) is 13.1. The minimum absolute atomic E-state index is 0.307. The second-order valence-electron chi connectivity index (χ2n) is 4.06. The quantitative estimate of drug-likeness (QED) is 0.888. The van der Waals surface area contributed by atoms with Crippen LogP contribution in [0.25, 0.3) is 0 Å². The lowest BCUT2D eigenvalue weighted by molar-refractivity contribution is -0.140. The maximum atomic E-state index is 11.9. The molecule has 2 amide bonds. The van der Waals surface area contributed by atoms with Gasteiger partial charge in [0.2, 0.25) is 0 Å². The van der Waals surface area contributed by atoms with Gasteiger partial charge in [0.15, 0.2) is 0 Å². The van der Waals surface area contributed by atoms with Crippen LogP contribution in [0, 0.1) is 6.92 Å². The third-order valence-electron chi connectivity index (χ3n) is 2.82. The van der Waals surface area contributed by atoms with Crippen LogP contribution >= 0.6 is 23.1 Å². The molecule has 18 heavy (non-hydrogen) atoms. The van der Waals surface area contributed by atoms with Crippen molar-refractivity contribution in [2.24, 2.45) is 0 Å². The molecule has 1 aromatic rings. The first-order chi connectivity index (χ1) is 8.59. The minimum Gasteiger partial charge on any atom is -0.480 e. The van der Waals surface area contributed by atoms with Crippen molar-refractivity contribution in [3.05, 3.63) is 21.9 Å². The summed E-state index contributed by atoms with van der Waals surface area (Å²) < 4.78 is 0. The molecule has 1 aromatic heterocycles. The Kier molecular flexibility index (Phi) is 4.13. The van der Waals surface area contributed by atoms with Gasteiger partial charge in [-0.2, -0.15) is 11.3 Å². The van der Waals surface area contributed by atoms with Crippen molar-refractivity contribution in [2.75, 3.05) is 11.6 Å². The molecule has 0 saturated carbocycles. The number of amides is 2. The Morgan fingerprint density at radius 1 is 1.56 bits per heavy atom. The smallest absolute Gasteiger partial charge is 0.327 e. The number of carbonyl (C=O) groups excluding carboxylic acids is 1. The van der Waals surface area contributed by atoms with Crippen LogP contribution in [-0.4, -0.2) is 39.7 Å². The summed E-state index contributed by atoms with van der Waals surface area (Å²) in [7, 11) is 0. The molecule has 0 aliphatic carbocycles. The molecule has 2 heterocycles. The molecule has 0 aromatic carbocycles. The average Bonchev–Trinajstić information content (AvgIpc) is 2.94. The van der Waals surface area contributed by atoms with Crippen LogP contribution in [0.15, 0.2) is 10.8 Å². The second-order valence-corrected chi connectivity index (χ2v) is 5.81. The highest BCUT2D eigenvalue weighted by molar-refractivity contribution is 7.99. The number of aryl methyl sites for hydroxylation is 1. The van der Waals surface area contributed by atoms with E-state index in [0.29, 0.717) is 18.2 Å². The van der Waals surface area contributed by atoms with Crippen molar-refractivity contribution < 1.29 is 14.7 Å². The van der Waals surface area contributed by atoms with Crippen LogP contribution in [0.3, 0.4) is 0 Å². The normalized spacial score (nSPS) is 18.9. The number of carboxylic acids is 1. The van der Waals surface area contributed by atoms with Crippen LogP contribution in [0.2, 0.25) is 0 Å². The Morgan fingerprint density at radius 3 is 2.94 bits per heavy atom. The van der Waals surface area contributed by atoms with E-state index in [4.69, 9.17) is 5.11 Å². The molecule has 0 spiro atoms. The summed E-state index contributed by atoms with van der Waals surface area (Å²) in [5.74, 6) is -0.0482. The van der Waals surface area contributed by atoms with Crippen molar-refractivity contribution >= 4 is 35.1 Å². The second kappa shape index (κ2) is 5.62. The Morgan fingerprint density at radius 2 is 2.33 bits per heavy atom. The highest BCUT2D eigenvalue weighted by Crippen LogP contribution is 2.21. The van der Waals surface area contributed by atoms with Gasteiger partial charge in [0.25, 0.3) is 0 Å². The summed E-state index contributed by atoms with van der Waals surface area (Å²) >= 11 is 3.05. The van der Waals surface area contributed by atoms with Gasteiger partial charge < -0.3 is 15.3 Å². The van der Waals surface area contributed by atoms with E-state index in [-0.39, 0.29) is 6.03 Å². The Labute approximate surface area is 113 Å². The van der Waals surface area contributed by atoms with E-state index in [9.17, 15) is 9.59 Å². The summed E-state index contributed by atoms with van der Waals surface area (Å²) in [6.07, 6.45) is 0. The van der Waals surface area contributed by atoms with Crippen LogP contribution in [-0.2, 0) is 11.3 Å². The maximum absolute atomic E-state index is 11.9. The van der Waals surface area contributed by atoms with Crippen LogP contribution < -0.4 is 5.32 Å². The van der Waals surface area contributed by atoms with Gasteiger partial charge in [0.05, 0.1) is 5.88 Å². The fraction of sp³-hybridized carbons (Fsp3) is 0.455. The first-order valence-electron chi connectivity index (χ1n) is 5.46. The first-order valence-corrected chi connectivity index (χ1v) is 7.56. The summed E-state index contributed by atoms with van der Waals surface area (Å²) in [5.41, 5.74) is 2.22. The molecular weight excluding hydrogens is 272 g/mol. The molecule has 2 N–H and O–H groups in total. The molecule has 1 aliphatic rings. The number of nitrogens with zero attached hydrogens (tertiary/aromatic N) is 1. The zero-order valence-corrected chi connectivity index (χ0v) is 11.5. The number of urea groups is 1. The highest BCUT2D eigenvalue weighted by atomic mass is 32.2. The number of aliphatic carboxylic acids is 1. The molecule has 2 rings (SSSR count). The molecule has 0 radical (unpaired) electrons. The molecule has 98 valence electrons. The minimum atomic E-state index is -0.943. The van der Waals surface area contributed by atoms with Crippen molar-refractivity contribution in [1.82, 2.24) is 10.2 Å². The molecule has 5 nitrogen and oxygen atoms in total. The van der Waals surface area contributed by atoms with E-state index in [1.54, 1.807) is 11.3 Å². The summed E-state index contributed by atoms with van der Waals surface area (Å²) in [6.45, 7) is 2.44. The predicted molar refractivity (Wildman–Crippen MR) is 71.9 cm³/mol. The lowest BCUT2D eigenvalue weighted by atomic mass is 10.2. The summed E-state index contributed by atoms with van der Waals surface area (Å²) in [5, 5.41) is 15.8. The monoisotopic (exact) mass is 286 g/mol. The lowest BCUT2D eigenvalue weighted by Gasteiger charge is -2.20. The number of thiophene rings is 1. The van der Waals surface area contributed by atoms with Crippen LogP contribution in [0.4, 0.5) is 4.79 Å². The number of rotatable bonds is 3. The molecule has 1 atom stereocenters. The van der Waals surface area contributed by atoms with Gasteiger partial charge in [-0.05, 0) is 28.8 Å². The van der Waals surface area contributed by atoms with Gasteiger partial charge in [-0.25, -0.2) is 9.59 Å². The van der Waals surface area contributed by atoms with Gasteiger partial charge in [-0.15, -0.1) is 11.8 Å². The molecule has 1 fully saturated rings. The van der Waals surface area contributed by atoms with Crippen molar-refractivity contribution in [3.63, 3.8) is 0 Å². The molecular formula is C11H14N2O3S2. The molecule has 0 bridgehead atoms. The Bertz CT molecular complexity index is 461. The first kappa shape index (κ1) is 13.2. The number of hydrogen-bond donors (Lipinski definition) is 2. The third kappa shape index (κ3) is 2.78. The number of carbonyl (C=O) groups is 2. The number of carboxylic acid groups (broad SMARTS) is 1. The summed E-state index contributed by atoms with van der Waals surface area (Å²) in [4.78, 5) is 24.2. The van der Waals surface area contributed by atoms with Gasteiger partial charge in [0.1, 0.15) is 6.04 Å². The fourth-order valence-corrected chi connectivity index (χ4v) is 3.69. The SMILES string of the molecule is Cc1cscc1CNC(=O)N1CSCC1C(=O)O. The number of hydrogen-bond acceptors (Lipinski definition) is 4. The van der Waals surface area contributed by atoms with Gasteiger partial charge in [-0.3, -0.25) is 0 Å². The van der Waals surface area contributed by atoms with Gasteiger partial charge >= 0.3 is 12.0 Å². The van der Waals surface area contributed by atoms with Crippen molar-refractivity contribution in [3.8, 4) is 0 Å². The van der Waals surface area contributed by atoms with Crippen LogP contribution in [0.5, 0.6) is 0 Å². The third-order valence-corrected chi connectivity index (χ3v) is 4.74. The largest absolute Gasteiger partial charge is 0.480 e. The van der Waals surface area contributed by atoms with E-state index < -0.39 is 12.0 Å². The Balaban J connectivity index is 1.92. The number of thioether (sulfide) groups is 1. The van der Waals surface area contributed by atoms with E-state index in [2.05, 4.69) is 5.32 Å². The zero-order valence-electron chi connectivity index (χ0n) is 9.88. The molecule has 1 saturated heterocycles. The Hall–Kier alpha value is -1.21. The number of nitrogens with one attached hydrogen (secondary N) is 1. The fourth-order valence-electron chi connectivity index (χ4n) is 1.69. The molecule has 1 unspecified atom stereocenters.